The van der Waals surface area contributed by atoms with Crippen LogP contribution in [0.1, 0.15) is 11.4 Å². The van der Waals surface area contributed by atoms with Crippen LogP contribution in [0.5, 0.6) is 0 Å². The summed E-state index contributed by atoms with van der Waals surface area (Å²) in [5.41, 5.74) is 1.05. The third kappa shape index (κ3) is 1.90. The number of aliphatic hydroxyl groups excluding tert-OH is 1. The first-order chi connectivity index (χ1) is 6.40. The van der Waals surface area contributed by atoms with Crippen molar-refractivity contribution in [2.24, 2.45) is 0 Å². The molecule has 1 radical (unpaired) electrons. The molecule has 69 valence electrons. The van der Waals surface area contributed by atoms with Gasteiger partial charge in [0, 0.05) is 12.0 Å². The lowest BCUT2D eigenvalue weighted by atomic mass is 9.78. The zero-order valence-corrected chi connectivity index (χ0v) is 7.09. The summed E-state index contributed by atoms with van der Waals surface area (Å²) in [5, 5.41) is 12.8. The highest BCUT2D eigenvalue weighted by atomic mass is 17.2. The van der Waals surface area contributed by atoms with Gasteiger partial charge in [-0.05, 0) is 5.56 Å². The highest BCUT2D eigenvalue weighted by Crippen LogP contribution is 2.18. The van der Waals surface area contributed by atoms with Crippen molar-refractivity contribution >= 4 is 7.48 Å². The van der Waals surface area contributed by atoms with Crippen molar-refractivity contribution in [3.8, 4) is 0 Å². The van der Waals surface area contributed by atoms with Crippen molar-refractivity contribution in [2.75, 3.05) is 13.2 Å². The Labute approximate surface area is 76.5 Å². The minimum absolute atomic E-state index is 0.0997. The zero-order chi connectivity index (χ0) is 9.10. The van der Waals surface area contributed by atoms with E-state index < -0.39 is 0 Å². The fourth-order valence-electron chi connectivity index (χ4n) is 1.23. The normalized spacial score (nSPS) is 21.8. The Morgan fingerprint density at radius 3 is 3.38 bits per heavy atom. The van der Waals surface area contributed by atoms with Crippen LogP contribution in [0, 0.1) is 0 Å². The van der Waals surface area contributed by atoms with Crippen molar-refractivity contribution in [3.05, 3.63) is 18.0 Å². The predicted molar refractivity (Wildman–Crippen MR) is 44.8 cm³/mol. The molecule has 2 heterocycles. The molecule has 1 atom stereocenters. The van der Waals surface area contributed by atoms with E-state index in [1.807, 2.05) is 6.20 Å². The molecule has 1 aromatic heterocycles. The lowest BCUT2D eigenvalue weighted by Crippen LogP contribution is -2.04. The molecule has 2 rings (SSSR count). The molecule has 6 heteroatoms. The summed E-state index contributed by atoms with van der Waals surface area (Å²) in [6.45, 7) is 1.15. The fourth-order valence-corrected chi connectivity index (χ4v) is 1.23. The molecule has 0 amide bonds. The van der Waals surface area contributed by atoms with Gasteiger partial charge in [0.2, 0.25) is 0 Å². The van der Waals surface area contributed by atoms with E-state index in [-0.39, 0.29) is 12.4 Å². The van der Waals surface area contributed by atoms with Crippen LogP contribution in [0.15, 0.2) is 12.4 Å². The molecule has 1 aromatic rings. The van der Waals surface area contributed by atoms with E-state index in [1.54, 1.807) is 18.4 Å². The van der Waals surface area contributed by atoms with Gasteiger partial charge >= 0.3 is 7.48 Å². The second kappa shape index (κ2) is 3.91. The monoisotopic (exact) mass is 181 g/mol. The van der Waals surface area contributed by atoms with E-state index in [0.29, 0.717) is 13.2 Å². The van der Waals surface area contributed by atoms with Gasteiger partial charge in [-0.3, -0.25) is 9.57 Å². The van der Waals surface area contributed by atoms with Gasteiger partial charge in [0.15, 0.2) is 0 Å². The molecule has 1 fully saturated rings. The Kier molecular flexibility index (Phi) is 2.63. The van der Waals surface area contributed by atoms with Crippen LogP contribution in [-0.2, 0) is 16.2 Å². The van der Waals surface area contributed by atoms with Crippen LogP contribution in [0.4, 0.5) is 0 Å². The van der Waals surface area contributed by atoms with Crippen molar-refractivity contribution in [1.29, 1.82) is 0 Å². The Balaban J connectivity index is 2.03. The van der Waals surface area contributed by atoms with Gasteiger partial charge in [0.1, 0.15) is 0 Å². The number of aromatic nitrogens is 2. The Hall–Kier alpha value is -0.845. The summed E-state index contributed by atoms with van der Waals surface area (Å²) < 4.78 is 1.70. The number of nitrogens with zero attached hydrogens (tertiary/aromatic N) is 2. The van der Waals surface area contributed by atoms with E-state index >= 15 is 0 Å². The second-order valence-electron chi connectivity index (χ2n) is 2.88. The van der Waals surface area contributed by atoms with Crippen LogP contribution >= 0.6 is 0 Å². The standard InChI is InChI=1S/C7H10BN2O3/c11-2-1-10-4-6(3-9-10)7-5-12-13-8-7/h3-4,7,11H,1-2,5H2. The average Bonchev–Trinajstić information content (AvgIpc) is 2.70. The van der Waals surface area contributed by atoms with Gasteiger partial charge < -0.3 is 9.91 Å². The van der Waals surface area contributed by atoms with E-state index in [9.17, 15) is 0 Å². The number of hydrogen-bond acceptors (Lipinski definition) is 4. The molecular formula is C7H10BN2O3. The molecule has 0 bridgehead atoms. The van der Waals surface area contributed by atoms with Crippen molar-refractivity contribution in [3.63, 3.8) is 0 Å². The maximum atomic E-state index is 8.68. The molecule has 1 unspecified atom stereocenters. The highest BCUT2D eigenvalue weighted by molar-refractivity contribution is 6.30. The number of hydrogen-bond donors (Lipinski definition) is 1. The summed E-state index contributed by atoms with van der Waals surface area (Å²) in [7, 11) is 1.64. The second-order valence-corrected chi connectivity index (χ2v) is 2.88. The van der Waals surface area contributed by atoms with Crippen LogP contribution in [-0.4, -0.2) is 35.6 Å². The maximum absolute atomic E-state index is 8.68. The summed E-state index contributed by atoms with van der Waals surface area (Å²) >= 11 is 0. The van der Waals surface area contributed by atoms with E-state index in [0.717, 1.165) is 5.56 Å². The molecule has 5 nitrogen and oxygen atoms in total. The summed E-state index contributed by atoms with van der Waals surface area (Å²) in [6.07, 6.45) is 3.64. The highest BCUT2D eigenvalue weighted by Gasteiger charge is 2.23. The number of aliphatic hydroxyl groups is 1. The average molecular weight is 181 g/mol. The van der Waals surface area contributed by atoms with Gasteiger partial charge in [-0.15, -0.1) is 0 Å². The summed E-state index contributed by atoms with van der Waals surface area (Å²) in [4.78, 5) is 9.41. The smallest absolute Gasteiger partial charge is 0.354 e. The lowest BCUT2D eigenvalue weighted by molar-refractivity contribution is -0.183. The molecule has 0 aliphatic carbocycles. The molecule has 0 spiro atoms. The van der Waals surface area contributed by atoms with Crippen LogP contribution < -0.4 is 0 Å². The molecular weight excluding hydrogens is 171 g/mol. The lowest BCUT2D eigenvalue weighted by Gasteiger charge is -1.98. The van der Waals surface area contributed by atoms with Gasteiger partial charge in [-0.25, -0.2) is 0 Å². The van der Waals surface area contributed by atoms with E-state index in [2.05, 4.69) is 9.90 Å². The zero-order valence-electron chi connectivity index (χ0n) is 7.09. The SMILES string of the molecule is OCCn1cc(C2[B]OOC2)cn1. The minimum Gasteiger partial charge on any atom is -0.394 e. The predicted octanol–water partition coefficient (Wildman–Crippen LogP) is -0.503. The Morgan fingerprint density at radius 2 is 2.69 bits per heavy atom. The van der Waals surface area contributed by atoms with Gasteiger partial charge in [-0.2, -0.15) is 5.10 Å². The third-order valence-electron chi connectivity index (χ3n) is 1.95. The maximum Gasteiger partial charge on any atom is 0.354 e. The van der Waals surface area contributed by atoms with Gasteiger partial charge in [0.05, 0.1) is 26.0 Å². The number of rotatable bonds is 3. The fraction of sp³-hybridized carbons (Fsp3) is 0.571. The first-order valence-electron chi connectivity index (χ1n) is 4.15. The third-order valence-corrected chi connectivity index (χ3v) is 1.95. The van der Waals surface area contributed by atoms with Crippen molar-refractivity contribution < 1.29 is 14.8 Å². The minimum atomic E-state index is 0.0997. The van der Waals surface area contributed by atoms with Crippen molar-refractivity contribution in [1.82, 2.24) is 9.78 Å². The molecule has 0 aromatic carbocycles. The Morgan fingerprint density at radius 1 is 1.77 bits per heavy atom. The molecule has 1 saturated heterocycles. The largest absolute Gasteiger partial charge is 0.394 e. The topological polar surface area (TPSA) is 56.5 Å². The summed E-state index contributed by atoms with van der Waals surface area (Å²) in [6, 6.07) is 0. The van der Waals surface area contributed by atoms with Crippen molar-refractivity contribution in [2.45, 2.75) is 12.4 Å². The van der Waals surface area contributed by atoms with Crippen LogP contribution in [0.25, 0.3) is 0 Å². The first kappa shape index (κ1) is 8.74. The first-order valence-corrected chi connectivity index (χ1v) is 4.15. The molecule has 1 aliphatic rings. The molecule has 0 saturated carbocycles. The van der Waals surface area contributed by atoms with E-state index in [1.165, 1.54) is 0 Å². The molecule has 1 aliphatic heterocycles. The quantitative estimate of drug-likeness (QED) is 0.504. The summed E-state index contributed by atoms with van der Waals surface area (Å²) in [5.74, 6) is 0.160. The van der Waals surface area contributed by atoms with Gasteiger partial charge in [-0.1, -0.05) is 0 Å². The molecule has 1 N–H and O–H groups in total. The van der Waals surface area contributed by atoms with Gasteiger partial charge in [0.25, 0.3) is 0 Å². The van der Waals surface area contributed by atoms with Crippen LogP contribution in [0.3, 0.4) is 0 Å². The molecule has 13 heavy (non-hydrogen) atoms. The van der Waals surface area contributed by atoms with E-state index in [4.69, 9.17) is 9.99 Å². The van der Waals surface area contributed by atoms with Crippen LogP contribution in [0.2, 0.25) is 0 Å². The Bertz CT molecular complexity index is 272.